The van der Waals surface area contributed by atoms with Gasteiger partial charge in [0.25, 0.3) is 0 Å². The molecule has 27 heavy (non-hydrogen) atoms. The number of nitrogens with one attached hydrogen (secondary N) is 1. The molecule has 0 aliphatic heterocycles. The highest BCUT2D eigenvalue weighted by Crippen LogP contribution is 2.25. The van der Waals surface area contributed by atoms with Gasteiger partial charge in [-0.3, -0.25) is 4.79 Å². The Labute approximate surface area is 156 Å². The highest BCUT2D eigenvalue weighted by atomic mass is 16.5. The van der Waals surface area contributed by atoms with Gasteiger partial charge in [0.2, 0.25) is 5.88 Å². The smallest absolute Gasteiger partial charge is 0.224 e. The molecule has 2 heterocycles. The van der Waals surface area contributed by atoms with E-state index in [2.05, 4.69) is 26.8 Å². The van der Waals surface area contributed by atoms with Gasteiger partial charge in [-0.25, -0.2) is 15.0 Å². The number of hydrogen-bond donors (Lipinski definition) is 1. The van der Waals surface area contributed by atoms with Crippen LogP contribution in [0.3, 0.4) is 0 Å². The van der Waals surface area contributed by atoms with Crippen LogP contribution >= 0.6 is 0 Å². The van der Waals surface area contributed by atoms with Crippen molar-refractivity contribution in [2.45, 2.75) is 6.42 Å². The Morgan fingerprint density at radius 2 is 1.93 bits per heavy atom. The minimum atomic E-state index is -0.0874. The largest absolute Gasteiger partial charge is 0.497 e. The lowest BCUT2D eigenvalue weighted by Gasteiger charge is -2.09. The predicted octanol–water partition coefficient (Wildman–Crippen LogP) is 3.71. The van der Waals surface area contributed by atoms with Crippen LogP contribution in [0.4, 0.5) is 11.6 Å². The second kappa shape index (κ2) is 8.57. The number of carbonyl (C=O) groups is 1. The Morgan fingerprint density at radius 3 is 2.74 bits per heavy atom. The maximum absolute atomic E-state index is 11.5. The third kappa shape index (κ3) is 5.12. The zero-order chi connectivity index (χ0) is 19.1. The first-order valence-corrected chi connectivity index (χ1v) is 8.18. The van der Waals surface area contributed by atoms with Crippen LogP contribution < -0.4 is 14.8 Å². The standard InChI is InChI=1S/C20H18N4O3/c1-3-15(25)10-14-6-4-9-18(23-14)24-19-12-20(22-13-21-19)27-17-8-5-7-16(11-17)26-2/h3-9,11-13H,1,10H2,2H3,(H,21,22,23,24). The summed E-state index contributed by atoms with van der Waals surface area (Å²) in [6.07, 6.45) is 2.88. The van der Waals surface area contributed by atoms with Gasteiger partial charge in [0, 0.05) is 12.1 Å². The zero-order valence-corrected chi connectivity index (χ0v) is 14.8. The van der Waals surface area contributed by atoms with Gasteiger partial charge in [-0.05, 0) is 30.3 Å². The molecule has 136 valence electrons. The fourth-order valence-electron chi connectivity index (χ4n) is 2.28. The molecule has 0 unspecified atom stereocenters. The highest BCUT2D eigenvalue weighted by molar-refractivity contribution is 5.90. The van der Waals surface area contributed by atoms with E-state index in [-0.39, 0.29) is 12.2 Å². The third-order valence-electron chi connectivity index (χ3n) is 3.55. The summed E-state index contributed by atoms with van der Waals surface area (Å²) in [6.45, 7) is 3.47. The lowest BCUT2D eigenvalue weighted by molar-refractivity contribution is -0.114. The van der Waals surface area contributed by atoms with Crippen LogP contribution in [0.2, 0.25) is 0 Å². The number of nitrogens with zero attached hydrogens (tertiary/aromatic N) is 3. The van der Waals surface area contributed by atoms with Crippen molar-refractivity contribution in [2.24, 2.45) is 0 Å². The van der Waals surface area contributed by atoms with E-state index in [9.17, 15) is 4.79 Å². The van der Waals surface area contributed by atoms with Crippen LogP contribution in [0, 0.1) is 0 Å². The normalized spacial score (nSPS) is 10.1. The Morgan fingerprint density at radius 1 is 1.11 bits per heavy atom. The zero-order valence-electron chi connectivity index (χ0n) is 14.8. The number of rotatable bonds is 8. The van der Waals surface area contributed by atoms with E-state index in [0.717, 1.165) is 0 Å². The van der Waals surface area contributed by atoms with Crippen molar-refractivity contribution in [3.05, 3.63) is 73.2 Å². The highest BCUT2D eigenvalue weighted by Gasteiger charge is 2.06. The van der Waals surface area contributed by atoms with Crippen molar-refractivity contribution >= 4 is 17.4 Å². The minimum absolute atomic E-state index is 0.0874. The first-order chi connectivity index (χ1) is 13.2. The number of aromatic nitrogens is 3. The molecule has 0 fully saturated rings. The van der Waals surface area contributed by atoms with Crippen LogP contribution in [-0.4, -0.2) is 27.8 Å². The van der Waals surface area contributed by atoms with Crippen LogP contribution in [0.5, 0.6) is 17.4 Å². The summed E-state index contributed by atoms with van der Waals surface area (Å²) in [5.74, 6) is 2.66. The molecule has 3 rings (SSSR count). The molecule has 0 spiro atoms. The van der Waals surface area contributed by atoms with E-state index in [4.69, 9.17) is 9.47 Å². The third-order valence-corrected chi connectivity index (χ3v) is 3.55. The quantitative estimate of drug-likeness (QED) is 0.611. The molecule has 7 nitrogen and oxygen atoms in total. The van der Waals surface area contributed by atoms with E-state index in [0.29, 0.717) is 34.7 Å². The van der Waals surface area contributed by atoms with Gasteiger partial charge in [0.15, 0.2) is 5.78 Å². The molecule has 0 amide bonds. The molecule has 7 heteroatoms. The summed E-state index contributed by atoms with van der Waals surface area (Å²) in [5, 5.41) is 3.08. The molecule has 0 bridgehead atoms. The molecule has 0 aliphatic rings. The summed E-state index contributed by atoms with van der Waals surface area (Å²) < 4.78 is 10.9. The molecule has 1 N–H and O–H groups in total. The second-order valence-corrected chi connectivity index (χ2v) is 5.51. The number of ether oxygens (including phenoxy) is 2. The molecular formula is C20H18N4O3. The van der Waals surface area contributed by atoms with Crippen molar-refractivity contribution < 1.29 is 14.3 Å². The molecule has 0 saturated heterocycles. The molecule has 0 aliphatic carbocycles. The average molecular weight is 362 g/mol. The lowest BCUT2D eigenvalue weighted by Crippen LogP contribution is -2.03. The maximum Gasteiger partial charge on any atom is 0.224 e. The molecule has 0 atom stereocenters. The number of anilines is 2. The number of allylic oxidation sites excluding steroid dienone is 1. The topological polar surface area (TPSA) is 86.2 Å². The maximum atomic E-state index is 11.5. The fourth-order valence-corrected chi connectivity index (χ4v) is 2.28. The first-order valence-electron chi connectivity index (χ1n) is 8.18. The number of benzene rings is 1. The van der Waals surface area contributed by atoms with Crippen LogP contribution in [0.25, 0.3) is 0 Å². The van der Waals surface area contributed by atoms with E-state index >= 15 is 0 Å². The van der Waals surface area contributed by atoms with E-state index < -0.39 is 0 Å². The van der Waals surface area contributed by atoms with Crippen LogP contribution in [0.15, 0.2) is 67.5 Å². The SMILES string of the molecule is C=CC(=O)Cc1cccc(Nc2cc(Oc3cccc(OC)c3)ncn2)n1. The van der Waals surface area contributed by atoms with Gasteiger partial charge in [0.05, 0.1) is 19.2 Å². The summed E-state index contributed by atoms with van der Waals surface area (Å²) in [7, 11) is 1.59. The molecule has 0 saturated carbocycles. The number of ketones is 1. The monoisotopic (exact) mass is 362 g/mol. The van der Waals surface area contributed by atoms with Gasteiger partial charge >= 0.3 is 0 Å². The Balaban J connectivity index is 1.73. The van der Waals surface area contributed by atoms with E-state index in [1.807, 2.05) is 18.2 Å². The molecule has 3 aromatic rings. The molecule has 1 aromatic carbocycles. The fraction of sp³-hybridized carbons (Fsp3) is 0.100. The van der Waals surface area contributed by atoms with Crippen molar-refractivity contribution in [3.8, 4) is 17.4 Å². The summed E-state index contributed by atoms with van der Waals surface area (Å²) in [6, 6.07) is 14.3. The predicted molar refractivity (Wildman–Crippen MR) is 102 cm³/mol. The summed E-state index contributed by atoms with van der Waals surface area (Å²) in [4.78, 5) is 24.2. The Bertz CT molecular complexity index is 959. The van der Waals surface area contributed by atoms with Crippen LogP contribution in [0.1, 0.15) is 5.69 Å². The lowest BCUT2D eigenvalue weighted by atomic mass is 10.2. The number of pyridine rings is 1. The molecule has 0 radical (unpaired) electrons. The van der Waals surface area contributed by atoms with Crippen molar-refractivity contribution in [3.63, 3.8) is 0 Å². The Hall–Kier alpha value is -3.74. The average Bonchev–Trinajstić information content (AvgIpc) is 2.68. The van der Waals surface area contributed by atoms with Crippen molar-refractivity contribution in [1.82, 2.24) is 15.0 Å². The van der Waals surface area contributed by atoms with E-state index in [1.54, 1.807) is 37.4 Å². The second-order valence-electron chi connectivity index (χ2n) is 5.51. The van der Waals surface area contributed by atoms with Gasteiger partial charge < -0.3 is 14.8 Å². The number of carbonyl (C=O) groups excluding carboxylic acids is 1. The number of methoxy groups -OCH3 is 1. The van der Waals surface area contributed by atoms with Gasteiger partial charge in [0.1, 0.15) is 29.5 Å². The number of hydrogen-bond acceptors (Lipinski definition) is 7. The van der Waals surface area contributed by atoms with Gasteiger partial charge in [-0.2, -0.15) is 0 Å². The van der Waals surface area contributed by atoms with Crippen LogP contribution in [-0.2, 0) is 11.2 Å². The Kier molecular flexibility index (Phi) is 5.73. The summed E-state index contributed by atoms with van der Waals surface area (Å²) in [5.41, 5.74) is 0.645. The van der Waals surface area contributed by atoms with Gasteiger partial charge in [-0.15, -0.1) is 0 Å². The molecule has 2 aromatic heterocycles. The van der Waals surface area contributed by atoms with E-state index in [1.165, 1.54) is 12.4 Å². The molecular weight excluding hydrogens is 344 g/mol. The van der Waals surface area contributed by atoms with Gasteiger partial charge in [-0.1, -0.05) is 18.7 Å². The first kappa shape index (κ1) is 18.1. The minimum Gasteiger partial charge on any atom is -0.497 e. The van der Waals surface area contributed by atoms with Crippen molar-refractivity contribution in [2.75, 3.05) is 12.4 Å². The van der Waals surface area contributed by atoms with Crippen molar-refractivity contribution in [1.29, 1.82) is 0 Å². The summed E-state index contributed by atoms with van der Waals surface area (Å²) >= 11 is 0.